The van der Waals surface area contributed by atoms with Crippen molar-refractivity contribution in [3.63, 3.8) is 0 Å². The number of nitrogens with one attached hydrogen (secondary N) is 6. The molecule has 0 atom stereocenters. The van der Waals surface area contributed by atoms with E-state index in [2.05, 4.69) is 56.4 Å². The van der Waals surface area contributed by atoms with Gasteiger partial charge in [-0.1, -0.05) is 43.3 Å². The van der Waals surface area contributed by atoms with E-state index < -0.39 is 29.7 Å². The fourth-order valence-electron chi connectivity index (χ4n) is 10.3. The summed E-state index contributed by atoms with van der Waals surface area (Å²) in [5.74, 6) is -1.28. The van der Waals surface area contributed by atoms with Crippen molar-refractivity contribution in [2.24, 2.45) is 0 Å². The van der Waals surface area contributed by atoms with Crippen molar-refractivity contribution >= 4 is 113 Å². The molecule has 0 aliphatic carbocycles. The fraction of sp³-hybridized carbons (Fsp3) is 0.0476. The highest BCUT2D eigenvalue weighted by Gasteiger charge is 2.40. The van der Waals surface area contributed by atoms with Crippen LogP contribution in [0.4, 0.5) is 38.9 Å². The standard InChI is InChI=1S/C63H44N8O8/c1-3-34-7-24-45-47-26-13-38(31-54(47)68-52(45)29-34)65-58(72)35-8-15-40(16-9-35)70-59(73)49-28-23-44(33-51(49)61(70)75)78-42-19-21-43(22-20-42)79-56-6-4-5-50-57(56)62(76)71(60(50)74)41-17-10-36(11-18-41)66-63(77)67-39-14-27-48-46-25-12-37(64-2)30-53(46)69-55(48)32-39/h4-33,64,68-69H,3H2,1-2H3,(H,65,72)(H2,66,67,77). The quantitative estimate of drug-likeness (QED) is 0.0643. The Morgan fingerprint density at radius 1 is 0.456 bits per heavy atom. The van der Waals surface area contributed by atoms with Crippen LogP contribution in [0, 0.1) is 0 Å². The summed E-state index contributed by atoms with van der Waals surface area (Å²) in [7, 11) is 1.86. The second-order valence-electron chi connectivity index (χ2n) is 19.1. The van der Waals surface area contributed by atoms with Crippen LogP contribution in [0.15, 0.2) is 182 Å². The average Bonchev–Trinajstić information content (AvgIpc) is 4.31. The van der Waals surface area contributed by atoms with Crippen LogP contribution in [0.25, 0.3) is 43.6 Å². The zero-order valence-corrected chi connectivity index (χ0v) is 42.2. The number of carbonyl (C=O) groups is 6. The number of hydrogen-bond acceptors (Lipinski definition) is 9. The van der Waals surface area contributed by atoms with Gasteiger partial charge in [0, 0.05) is 79.0 Å². The summed E-state index contributed by atoms with van der Waals surface area (Å²) in [5.41, 5.74) is 9.22. The Balaban J connectivity index is 0.628. The smallest absolute Gasteiger partial charge is 0.323 e. The molecule has 0 saturated heterocycles. The topological polar surface area (TPSA) is 207 Å². The number of aromatic amines is 2. The number of benzene rings is 9. The first-order chi connectivity index (χ1) is 38.5. The number of carbonyl (C=O) groups excluding carboxylic acids is 6. The second-order valence-corrected chi connectivity index (χ2v) is 19.1. The van der Waals surface area contributed by atoms with Crippen molar-refractivity contribution in [2.75, 3.05) is 38.1 Å². The van der Waals surface area contributed by atoms with Gasteiger partial charge >= 0.3 is 6.03 Å². The third-order valence-corrected chi connectivity index (χ3v) is 14.3. The Hall–Kier alpha value is -11.0. The van der Waals surface area contributed by atoms with Gasteiger partial charge in [-0.05, 0) is 158 Å². The minimum Gasteiger partial charge on any atom is -0.457 e. The number of rotatable bonds is 12. The fourth-order valence-corrected chi connectivity index (χ4v) is 10.3. The van der Waals surface area contributed by atoms with Crippen LogP contribution < -0.4 is 40.5 Å². The highest BCUT2D eigenvalue weighted by Crippen LogP contribution is 2.39. The first kappa shape index (κ1) is 47.7. The van der Waals surface area contributed by atoms with Crippen LogP contribution in [0.2, 0.25) is 0 Å². The number of ether oxygens (including phenoxy) is 2. The highest BCUT2D eigenvalue weighted by molar-refractivity contribution is 6.36. The second kappa shape index (κ2) is 19.0. The van der Waals surface area contributed by atoms with Gasteiger partial charge in [0.1, 0.15) is 23.0 Å². The number of amides is 7. The predicted octanol–water partition coefficient (Wildman–Crippen LogP) is 13.6. The van der Waals surface area contributed by atoms with E-state index in [1.54, 1.807) is 97.1 Å². The Kier molecular flexibility index (Phi) is 11.5. The lowest BCUT2D eigenvalue weighted by molar-refractivity contribution is 0.0910. The van der Waals surface area contributed by atoms with Crippen molar-refractivity contribution in [2.45, 2.75) is 13.3 Å². The lowest BCUT2D eigenvalue weighted by Crippen LogP contribution is -2.29. The van der Waals surface area contributed by atoms with Gasteiger partial charge < -0.3 is 40.7 Å². The number of H-pyrrole nitrogens is 2. The highest BCUT2D eigenvalue weighted by atomic mass is 16.5. The molecule has 13 rings (SSSR count). The maximum absolute atomic E-state index is 14.0. The molecule has 0 spiro atoms. The first-order valence-electron chi connectivity index (χ1n) is 25.3. The molecule has 11 aromatic rings. The zero-order chi connectivity index (χ0) is 54.1. The molecule has 79 heavy (non-hydrogen) atoms. The van der Waals surface area contributed by atoms with E-state index in [4.69, 9.17) is 9.47 Å². The van der Waals surface area contributed by atoms with E-state index in [-0.39, 0.29) is 33.9 Å². The molecule has 9 aromatic carbocycles. The minimum atomic E-state index is -0.576. The third-order valence-electron chi connectivity index (χ3n) is 14.3. The molecule has 384 valence electrons. The molecule has 2 aliphatic rings. The van der Waals surface area contributed by atoms with E-state index >= 15 is 0 Å². The number of hydrogen-bond donors (Lipinski definition) is 6. The van der Waals surface area contributed by atoms with E-state index in [1.165, 1.54) is 17.7 Å². The molecule has 7 amide bonds. The zero-order valence-electron chi connectivity index (χ0n) is 42.2. The first-order valence-corrected chi connectivity index (χ1v) is 25.3. The van der Waals surface area contributed by atoms with Gasteiger partial charge in [0.2, 0.25) is 0 Å². The molecule has 6 N–H and O–H groups in total. The molecule has 0 fully saturated rings. The molecule has 2 aliphatic heterocycles. The van der Waals surface area contributed by atoms with Gasteiger partial charge in [-0.25, -0.2) is 14.6 Å². The lowest BCUT2D eigenvalue weighted by Gasteiger charge is -2.15. The normalized spacial score (nSPS) is 12.9. The van der Waals surface area contributed by atoms with Gasteiger partial charge in [-0.2, -0.15) is 0 Å². The molecular weight excluding hydrogens is 997 g/mol. The molecule has 2 aromatic heterocycles. The van der Waals surface area contributed by atoms with Crippen LogP contribution in [-0.2, 0) is 6.42 Å². The van der Waals surface area contributed by atoms with Crippen LogP contribution in [0.5, 0.6) is 23.0 Å². The van der Waals surface area contributed by atoms with Gasteiger partial charge in [0.25, 0.3) is 29.5 Å². The summed E-state index contributed by atoms with van der Waals surface area (Å²) in [6.07, 6.45) is 0.930. The summed E-state index contributed by atoms with van der Waals surface area (Å²) >= 11 is 0. The predicted molar refractivity (Wildman–Crippen MR) is 306 cm³/mol. The SMILES string of the molecule is CCc1ccc2c(c1)[nH]c1cc(NC(=O)c3ccc(N4C(=O)c5ccc(Oc6ccc(Oc7cccc8c7C(=O)N(c7ccc(NC(=O)Nc9ccc%10c(c9)[nH]c9cc(NC)ccc9%10)cc7)C8=O)cc6)cc5C4=O)cc3)ccc12. The average molecular weight is 1040 g/mol. The van der Waals surface area contributed by atoms with Crippen molar-refractivity contribution in [1.82, 2.24) is 9.97 Å². The largest absolute Gasteiger partial charge is 0.457 e. The monoisotopic (exact) mass is 1040 g/mol. The Morgan fingerprint density at radius 2 is 0.962 bits per heavy atom. The summed E-state index contributed by atoms with van der Waals surface area (Å²) in [4.78, 5) is 90.4. The molecule has 0 bridgehead atoms. The number of anilines is 6. The maximum atomic E-state index is 14.0. The van der Waals surface area contributed by atoms with Crippen LogP contribution >= 0.6 is 0 Å². The molecule has 0 saturated carbocycles. The summed E-state index contributed by atoms with van der Waals surface area (Å²) in [6.45, 7) is 2.11. The van der Waals surface area contributed by atoms with E-state index in [1.807, 2.05) is 61.6 Å². The molecular formula is C63H44N8O8. The molecule has 4 heterocycles. The van der Waals surface area contributed by atoms with Crippen molar-refractivity contribution in [1.29, 1.82) is 0 Å². The summed E-state index contributed by atoms with van der Waals surface area (Å²) in [6, 6.07) is 51.9. The van der Waals surface area contributed by atoms with E-state index in [9.17, 15) is 28.8 Å². The molecule has 16 heteroatoms. The number of urea groups is 1. The Bertz CT molecular complexity index is 4390. The maximum Gasteiger partial charge on any atom is 0.323 e. The van der Waals surface area contributed by atoms with Crippen molar-refractivity contribution in [3.8, 4) is 23.0 Å². The van der Waals surface area contributed by atoms with Gasteiger partial charge in [0.05, 0.1) is 33.6 Å². The third kappa shape index (κ3) is 8.55. The number of aryl methyl sites for hydroxylation is 1. The van der Waals surface area contributed by atoms with E-state index in [0.29, 0.717) is 51.2 Å². The summed E-state index contributed by atoms with van der Waals surface area (Å²) in [5, 5.41) is 16.0. The number of fused-ring (bicyclic) bond motifs is 8. The number of aromatic nitrogens is 2. The van der Waals surface area contributed by atoms with Crippen molar-refractivity contribution in [3.05, 3.63) is 215 Å². The molecule has 0 unspecified atom stereocenters. The van der Waals surface area contributed by atoms with Gasteiger partial charge in [-0.3, -0.25) is 24.0 Å². The van der Waals surface area contributed by atoms with Gasteiger partial charge in [-0.15, -0.1) is 0 Å². The lowest BCUT2D eigenvalue weighted by atomic mass is 10.1. The molecule has 16 nitrogen and oxygen atoms in total. The van der Waals surface area contributed by atoms with Crippen LogP contribution in [0.3, 0.4) is 0 Å². The Morgan fingerprint density at radius 3 is 1.61 bits per heavy atom. The minimum absolute atomic E-state index is 0.0949. The van der Waals surface area contributed by atoms with Crippen LogP contribution in [0.1, 0.15) is 64.3 Å². The van der Waals surface area contributed by atoms with Crippen LogP contribution in [-0.4, -0.2) is 52.6 Å². The van der Waals surface area contributed by atoms with Crippen molar-refractivity contribution < 1.29 is 38.2 Å². The van der Waals surface area contributed by atoms with Gasteiger partial charge in [0.15, 0.2) is 0 Å². The number of imide groups is 2. The Labute approximate surface area is 449 Å². The summed E-state index contributed by atoms with van der Waals surface area (Å²) < 4.78 is 12.3. The van der Waals surface area contributed by atoms with E-state index in [0.717, 1.165) is 65.5 Å². The number of nitrogens with zero attached hydrogens (tertiary/aromatic N) is 2. The molecule has 0 radical (unpaired) electrons.